The molecule has 24 heavy (non-hydrogen) atoms. The number of aromatic nitrogens is 2. The molecule has 0 saturated carbocycles. The Morgan fingerprint density at radius 1 is 1.42 bits per heavy atom. The number of pyridine rings is 1. The quantitative estimate of drug-likeness (QED) is 0.917. The fourth-order valence-electron chi connectivity index (χ4n) is 2.95. The Morgan fingerprint density at radius 3 is 2.79 bits per heavy atom. The van der Waals surface area contributed by atoms with Crippen molar-refractivity contribution in [3.05, 3.63) is 28.8 Å². The highest BCUT2D eigenvalue weighted by Gasteiger charge is 2.23. The highest BCUT2D eigenvalue weighted by molar-refractivity contribution is 5.99. The van der Waals surface area contributed by atoms with E-state index in [1.54, 1.807) is 37.7 Å². The van der Waals surface area contributed by atoms with Crippen LogP contribution in [0.5, 0.6) is 0 Å². The van der Waals surface area contributed by atoms with Crippen LogP contribution in [0.2, 0.25) is 0 Å². The molecule has 0 aliphatic carbocycles. The maximum atomic E-state index is 12.9. The summed E-state index contributed by atoms with van der Waals surface area (Å²) in [5, 5.41) is 3.18. The van der Waals surface area contributed by atoms with Gasteiger partial charge in [-0.25, -0.2) is 4.79 Å². The number of anilines is 1. The minimum atomic E-state index is -0.601. The van der Waals surface area contributed by atoms with Gasteiger partial charge in [0.15, 0.2) is 0 Å². The number of carbonyl (C=O) groups excluding carboxylic acids is 1. The second-order valence-electron chi connectivity index (χ2n) is 7.09. The lowest BCUT2D eigenvalue weighted by Gasteiger charge is -2.19. The third-order valence-electron chi connectivity index (χ3n) is 4.00. The van der Waals surface area contributed by atoms with Gasteiger partial charge < -0.3 is 18.6 Å². The maximum Gasteiger partial charge on any atom is 0.412 e. The highest BCUT2D eigenvalue weighted by Crippen LogP contribution is 2.25. The van der Waals surface area contributed by atoms with Crippen molar-refractivity contribution >= 4 is 22.7 Å². The van der Waals surface area contributed by atoms with Crippen LogP contribution in [0.3, 0.4) is 0 Å². The first-order chi connectivity index (χ1) is 11.3. The molecule has 0 bridgehead atoms. The van der Waals surface area contributed by atoms with Crippen molar-refractivity contribution in [2.45, 2.75) is 38.8 Å². The zero-order valence-electron chi connectivity index (χ0n) is 14.5. The largest absolute Gasteiger partial charge is 0.444 e. The van der Waals surface area contributed by atoms with Gasteiger partial charge in [-0.2, -0.15) is 0 Å². The van der Waals surface area contributed by atoms with Crippen molar-refractivity contribution in [1.29, 1.82) is 0 Å². The average molecular weight is 333 g/mol. The lowest BCUT2D eigenvalue weighted by molar-refractivity contribution is 0.0636. The van der Waals surface area contributed by atoms with Crippen molar-refractivity contribution in [1.82, 2.24) is 9.13 Å². The standard InChI is InChI=1S/C17H23N3O4/c1-17(2,3)24-16(22)18-12-9-19(4)13-5-7-20(15(21)14(12)13)11-6-8-23-10-11/h5,7,9,11H,6,8,10H2,1-4H3,(H,18,22)/t11-/m1/s1. The summed E-state index contributed by atoms with van der Waals surface area (Å²) in [6, 6.07) is 1.92. The van der Waals surface area contributed by atoms with E-state index in [0.717, 1.165) is 11.9 Å². The number of rotatable bonds is 2. The highest BCUT2D eigenvalue weighted by atomic mass is 16.6. The van der Waals surface area contributed by atoms with Gasteiger partial charge in [0.25, 0.3) is 5.56 Å². The number of aryl methyl sites for hydroxylation is 1. The second kappa shape index (κ2) is 5.98. The van der Waals surface area contributed by atoms with Gasteiger partial charge in [0, 0.05) is 26.0 Å². The van der Waals surface area contributed by atoms with Crippen molar-refractivity contribution in [3.8, 4) is 0 Å². The van der Waals surface area contributed by atoms with Crippen LogP contribution in [-0.2, 0) is 16.5 Å². The number of nitrogens with one attached hydrogen (secondary N) is 1. The van der Waals surface area contributed by atoms with Crippen molar-refractivity contribution in [3.63, 3.8) is 0 Å². The lowest BCUT2D eigenvalue weighted by atomic mass is 10.2. The zero-order chi connectivity index (χ0) is 17.5. The summed E-state index contributed by atoms with van der Waals surface area (Å²) in [7, 11) is 1.84. The summed E-state index contributed by atoms with van der Waals surface area (Å²) in [4.78, 5) is 25.0. The summed E-state index contributed by atoms with van der Waals surface area (Å²) in [5.74, 6) is 0. The van der Waals surface area contributed by atoms with E-state index in [4.69, 9.17) is 9.47 Å². The lowest BCUT2D eigenvalue weighted by Crippen LogP contribution is -2.28. The normalized spacial score (nSPS) is 18.1. The van der Waals surface area contributed by atoms with E-state index in [-0.39, 0.29) is 11.6 Å². The van der Waals surface area contributed by atoms with Crippen LogP contribution >= 0.6 is 0 Å². The number of amides is 1. The Morgan fingerprint density at radius 2 is 2.17 bits per heavy atom. The van der Waals surface area contributed by atoms with Gasteiger partial charge in [-0.05, 0) is 33.3 Å². The van der Waals surface area contributed by atoms with Crippen molar-refractivity contribution < 1.29 is 14.3 Å². The van der Waals surface area contributed by atoms with Gasteiger partial charge in [-0.15, -0.1) is 0 Å². The number of fused-ring (bicyclic) bond motifs is 1. The molecule has 0 radical (unpaired) electrons. The van der Waals surface area contributed by atoms with E-state index in [2.05, 4.69) is 5.32 Å². The Balaban J connectivity index is 2.00. The molecule has 1 fully saturated rings. The SMILES string of the molecule is Cn1cc(NC(=O)OC(C)(C)C)c2c(=O)n([C@@H]3CCOC3)ccc21. The van der Waals surface area contributed by atoms with Crippen LogP contribution in [0.25, 0.3) is 10.9 Å². The van der Waals surface area contributed by atoms with Gasteiger partial charge >= 0.3 is 6.09 Å². The number of hydrogen-bond acceptors (Lipinski definition) is 4. The van der Waals surface area contributed by atoms with Crippen LogP contribution in [0.4, 0.5) is 10.5 Å². The summed E-state index contributed by atoms with van der Waals surface area (Å²) in [6.07, 6.45) is 3.76. The van der Waals surface area contributed by atoms with Gasteiger partial charge in [0.1, 0.15) is 5.60 Å². The Kier molecular flexibility index (Phi) is 4.13. The molecule has 0 unspecified atom stereocenters. The van der Waals surface area contributed by atoms with E-state index in [9.17, 15) is 9.59 Å². The molecule has 0 aromatic carbocycles. The van der Waals surface area contributed by atoms with Gasteiger partial charge in [0.05, 0.1) is 29.2 Å². The minimum absolute atomic E-state index is 0.0384. The monoisotopic (exact) mass is 333 g/mol. The van der Waals surface area contributed by atoms with E-state index in [1.807, 2.05) is 17.7 Å². The maximum absolute atomic E-state index is 12.9. The number of ether oxygens (including phenoxy) is 2. The smallest absolute Gasteiger partial charge is 0.412 e. The predicted molar refractivity (Wildman–Crippen MR) is 91.5 cm³/mol. The fraction of sp³-hybridized carbons (Fsp3) is 0.529. The molecule has 1 aliphatic rings. The summed E-state index contributed by atoms with van der Waals surface area (Å²) in [5.41, 5.74) is 0.492. The Hall–Kier alpha value is -2.28. The molecule has 1 atom stereocenters. The Labute approximate surface area is 140 Å². The topological polar surface area (TPSA) is 74.5 Å². The van der Waals surface area contributed by atoms with Crippen LogP contribution < -0.4 is 10.9 Å². The molecule has 7 heteroatoms. The molecule has 1 N–H and O–H groups in total. The van der Waals surface area contributed by atoms with E-state index >= 15 is 0 Å². The van der Waals surface area contributed by atoms with Crippen LogP contribution in [0.1, 0.15) is 33.2 Å². The molecule has 0 spiro atoms. The molecule has 7 nitrogen and oxygen atoms in total. The van der Waals surface area contributed by atoms with Crippen LogP contribution in [0, 0.1) is 0 Å². The fourth-order valence-corrected chi connectivity index (χ4v) is 2.95. The van der Waals surface area contributed by atoms with Gasteiger partial charge in [-0.3, -0.25) is 10.1 Å². The number of carbonyl (C=O) groups is 1. The third kappa shape index (κ3) is 3.17. The van der Waals surface area contributed by atoms with E-state index in [0.29, 0.717) is 24.3 Å². The van der Waals surface area contributed by atoms with E-state index in [1.165, 1.54) is 0 Å². The molecule has 1 aliphatic heterocycles. The van der Waals surface area contributed by atoms with Crippen molar-refractivity contribution in [2.24, 2.45) is 7.05 Å². The van der Waals surface area contributed by atoms with Gasteiger partial charge in [0.2, 0.25) is 0 Å². The van der Waals surface area contributed by atoms with Crippen LogP contribution in [0.15, 0.2) is 23.3 Å². The second-order valence-corrected chi connectivity index (χ2v) is 7.09. The molecule has 2 aromatic rings. The molecule has 1 saturated heterocycles. The molecular formula is C17H23N3O4. The molecule has 3 rings (SSSR count). The molecule has 3 heterocycles. The first-order valence-corrected chi connectivity index (χ1v) is 8.04. The zero-order valence-corrected chi connectivity index (χ0v) is 14.5. The number of nitrogens with zero attached hydrogens (tertiary/aromatic N) is 2. The van der Waals surface area contributed by atoms with E-state index < -0.39 is 11.7 Å². The summed E-state index contributed by atoms with van der Waals surface area (Å²) >= 11 is 0. The molecule has 2 aromatic heterocycles. The third-order valence-corrected chi connectivity index (χ3v) is 4.00. The predicted octanol–water partition coefficient (Wildman–Crippen LogP) is 2.65. The van der Waals surface area contributed by atoms with Gasteiger partial charge in [-0.1, -0.05) is 0 Å². The molecular weight excluding hydrogens is 310 g/mol. The number of hydrogen-bond donors (Lipinski definition) is 1. The Bertz CT molecular complexity index is 823. The van der Waals surface area contributed by atoms with Crippen molar-refractivity contribution in [2.75, 3.05) is 18.5 Å². The average Bonchev–Trinajstić information content (AvgIpc) is 3.06. The first kappa shape index (κ1) is 16.6. The molecule has 130 valence electrons. The summed E-state index contributed by atoms with van der Waals surface area (Å²) in [6.45, 7) is 6.58. The summed E-state index contributed by atoms with van der Waals surface area (Å²) < 4.78 is 14.2. The molecule has 1 amide bonds. The first-order valence-electron chi connectivity index (χ1n) is 8.04. The minimum Gasteiger partial charge on any atom is -0.444 e. The van der Waals surface area contributed by atoms with Crippen LogP contribution in [-0.4, -0.2) is 34.0 Å².